The van der Waals surface area contributed by atoms with Gasteiger partial charge in [0, 0.05) is 0 Å². The summed E-state index contributed by atoms with van der Waals surface area (Å²) in [5, 5.41) is 0. The molecule has 0 atom stereocenters. The Bertz CT molecular complexity index is 786. The average molecular weight is 336 g/mol. The molecule has 4 nitrogen and oxygen atoms in total. The highest BCUT2D eigenvalue weighted by atomic mass is 19.1. The lowest BCUT2D eigenvalue weighted by Crippen LogP contribution is -2.37. The van der Waals surface area contributed by atoms with Crippen molar-refractivity contribution in [3.05, 3.63) is 90.2 Å². The number of halogens is 1. The van der Waals surface area contributed by atoms with E-state index in [1.54, 1.807) is 24.3 Å². The van der Waals surface area contributed by atoms with E-state index in [2.05, 4.69) is 0 Å². The standard InChI is InChI=1S/C19H14BFO4/c21-19-12-11-18(13-15(19)14-22)25-20(23-16-7-3-1-4-8-16)24-17-9-5-2-6-10-17/h1-14H. The minimum Gasteiger partial charge on any atom is -0.490 e. The molecule has 6 heteroatoms. The van der Waals surface area contributed by atoms with Crippen molar-refractivity contribution < 1.29 is 23.1 Å². The van der Waals surface area contributed by atoms with E-state index in [0.29, 0.717) is 17.8 Å². The summed E-state index contributed by atoms with van der Waals surface area (Å²) in [6, 6.07) is 21.9. The van der Waals surface area contributed by atoms with Crippen molar-refractivity contribution in [3.8, 4) is 17.2 Å². The topological polar surface area (TPSA) is 44.8 Å². The zero-order valence-corrected chi connectivity index (χ0v) is 13.2. The molecule has 0 aromatic heterocycles. The van der Waals surface area contributed by atoms with Crippen LogP contribution in [0.4, 0.5) is 4.39 Å². The van der Waals surface area contributed by atoms with Crippen molar-refractivity contribution >= 4 is 13.6 Å². The summed E-state index contributed by atoms with van der Waals surface area (Å²) in [4.78, 5) is 10.9. The van der Waals surface area contributed by atoms with Crippen molar-refractivity contribution in [2.75, 3.05) is 0 Å². The molecule has 3 rings (SSSR count). The maximum absolute atomic E-state index is 13.5. The van der Waals surface area contributed by atoms with Crippen LogP contribution >= 0.6 is 0 Å². The number of rotatable bonds is 7. The molecule has 0 aliphatic heterocycles. The van der Waals surface area contributed by atoms with Crippen molar-refractivity contribution in [1.29, 1.82) is 0 Å². The molecule has 0 bridgehead atoms. The third kappa shape index (κ3) is 4.60. The molecule has 0 saturated heterocycles. The van der Waals surface area contributed by atoms with Crippen molar-refractivity contribution in [3.63, 3.8) is 0 Å². The van der Waals surface area contributed by atoms with Crippen LogP contribution < -0.4 is 14.0 Å². The van der Waals surface area contributed by atoms with Gasteiger partial charge in [-0.05, 0) is 42.5 Å². The number of benzene rings is 3. The first-order chi connectivity index (χ1) is 12.2. The molecular formula is C19H14BFO4. The molecular weight excluding hydrogens is 322 g/mol. The van der Waals surface area contributed by atoms with E-state index >= 15 is 0 Å². The average Bonchev–Trinajstić information content (AvgIpc) is 2.65. The Hall–Kier alpha value is -3.28. The highest BCUT2D eigenvalue weighted by molar-refractivity contribution is 6.39. The Morgan fingerprint density at radius 3 is 1.76 bits per heavy atom. The van der Waals surface area contributed by atoms with Gasteiger partial charge in [-0.2, -0.15) is 0 Å². The fourth-order valence-electron chi connectivity index (χ4n) is 2.09. The number of aldehydes is 1. The largest absolute Gasteiger partial charge is 0.864 e. The normalized spacial score (nSPS) is 9.96. The third-order valence-electron chi connectivity index (χ3n) is 3.28. The molecule has 0 saturated carbocycles. The molecule has 0 N–H and O–H groups in total. The Morgan fingerprint density at radius 1 is 0.720 bits per heavy atom. The molecule has 25 heavy (non-hydrogen) atoms. The Morgan fingerprint density at radius 2 is 1.24 bits per heavy atom. The molecule has 0 heterocycles. The molecule has 0 spiro atoms. The van der Waals surface area contributed by atoms with Gasteiger partial charge in [0.25, 0.3) is 0 Å². The first kappa shape index (κ1) is 16.6. The van der Waals surface area contributed by atoms with Crippen LogP contribution in [0, 0.1) is 5.82 Å². The van der Waals surface area contributed by atoms with Gasteiger partial charge in [-0.3, -0.25) is 4.79 Å². The molecule has 0 aliphatic carbocycles. The van der Waals surface area contributed by atoms with E-state index in [4.69, 9.17) is 14.0 Å². The van der Waals surface area contributed by atoms with Crippen LogP contribution in [-0.4, -0.2) is 13.6 Å². The van der Waals surface area contributed by atoms with Gasteiger partial charge in [-0.15, -0.1) is 0 Å². The first-order valence-electron chi connectivity index (χ1n) is 7.59. The Balaban J connectivity index is 1.81. The minimum atomic E-state index is -1.12. The third-order valence-corrected chi connectivity index (χ3v) is 3.28. The highest BCUT2D eigenvalue weighted by Crippen LogP contribution is 2.20. The van der Waals surface area contributed by atoms with Crippen LogP contribution in [0.15, 0.2) is 78.9 Å². The van der Waals surface area contributed by atoms with Crippen LogP contribution in [0.25, 0.3) is 0 Å². The summed E-state index contributed by atoms with van der Waals surface area (Å²) in [6.07, 6.45) is 0.424. The highest BCUT2D eigenvalue weighted by Gasteiger charge is 2.30. The first-order valence-corrected chi connectivity index (χ1v) is 7.59. The quantitative estimate of drug-likeness (QED) is 0.480. The lowest BCUT2D eigenvalue weighted by molar-refractivity contribution is 0.111. The summed E-state index contributed by atoms with van der Waals surface area (Å²) in [7, 11) is -1.12. The molecule has 0 fully saturated rings. The molecule has 0 amide bonds. The van der Waals surface area contributed by atoms with E-state index < -0.39 is 13.1 Å². The van der Waals surface area contributed by atoms with Crippen molar-refractivity contribution in [2.24, 2.45) is 0 Å². The van der Waals surface area contributed by atoms with Crippen molar-refractivity contribution in [2.45, 2.75) is 0 Å². The summed E-state index contributed by atoms with van der Waals surface area (Å²) in [6.45, 7) is 0. The fourth-order valence-corrected chi connectivity index (χ4v) is 2.09. The summed E-state index contributed by atoms with van der Waals surface area (Å²) < 4.78 is 30.5. The van der Waals surface area contributed by atoms with Gasteiger partial charge in [0.1, 0.15) is 23.1 Å². The van der Waals surface area contributed by atoms with E-state index in [9.17, 15) is 9.18 Å². The predicted molar refractivity (Wildman–Crippen MR) is 92.3 cm³/mol. The van der Waals surface area contributed by atoms with Crippen LogP contribution in [0.3, 0.4) is 0 Å². The maximum atomic E-state index is 13.5. The Labute approximate surface area is 145 Å². The van der Waals surface area contributed by atoms with Gasteiger partial charge in [0.15, 0.2) is 6.29 Å². The van der Waals surface area contributed by atoms with Gasteiger partial charge in [0.2, 0.25) is 0 Å². The lowest BCUT2D eigenvalue weighted by atomic mass is 10.1. The molecule has 0 radical (unpaired) electrons. The molecule has 124 valence electrons. The van der Waals surface area contributed by atoms with E-state index in [-0.39, 0.29) is 11.3 Å². The number of carbonyl (C=O) groups excluding carboxylic acids is 1. The molecule has 3 aromatic rings. The monoisotopic (exact) mass is 336 g/mol. The van der Waals surface area contributed by atoms with E-state index in [1.165, 1.54) is 12.1 Å². The van der Waals surface area contributed by atoms with Crippen LogP contribution in [-0.2, 0) is 0 Å². The van der Waals surface area contributed by atoms with Gasteiger partial charge < -0.3 is 14.0 Å². The number of para-hydroxylation sites is 2. The summed E-state index contributed by atoms with van der Waals surface area (Å²) >= 11 is 0. The minimum absolute atomic E-state index is 0.101. The van der Waals surface area contributed by atoms with Crippen LogP contribution in [0.5, 0.6) is 17.2 Å². The van der Waals surface area contributed by atoms with Crippen LogP contribution in [0.2, 0.25) is 0 Å². The van der Waals surface area contributed by atoms with Gasteiger partial charge in [-0.25, -0.2) is 4.39 Å². The smallest absolute Gasteiger partial charge is 0.490 e. The molecule has 3 aromatic carbocycles. The van der Waals surface area contributed by atoms with E-state index in [1.807, 2.05) is 36.4 Å². The maximum Gasteiger partial charge on any atom is 0.864 e. The number of hydrogen-bond donors (Lipinski definition) is 0. The molecule has 0 unspecified atom stereocenters. The van der Waals surface area contributed by atoms with Gasteiger partial charge >= 0.3 is 7.32 Å². The van der Waals surface area contributed by atoms with Crippen molar-refractivity contribution in [1.82, 2.24) is 0 Å². The predicted octanol–water partition coefficient (Wildman–Crippen LogP) is 4.16. The number of carbonyl (C=O) groups is 1. The zero-order chi connectivity index (χ0) is 17.5. The second kappa shape index (κ2) is 8.01. The SMILES string of the molecule is O=Cc1cc(OB(Oc2ccccc2)Oc2ccccc2)ccc1F. The molecule has 0 aliphatic rings. The van der Waals surface area contributed by atoms with Crippen LogP contribution in [0.1, 0.15) is 10.4 Å². The summed E-state index contributed by atoms with van der Waals surface area (Å²) in [5.74, 6) is 0.717. The fraction of sp³-hybridized carbons (Fsp3) is 0. The number of hydrogen-bond acceptors (Lipinski definition) is 4. The zero-order valence-electron chi connectivity index (χ0n) is 13.2. The second-order valence-corrected chi connectivity index (χ2v) is 5.07. The van der Waals surface area contributed by atoms with Gasteiger partial charge in [-0.1, -0.05) is 36.4 Å². The Kier molecular flexibility index (Phi) is 5.31. The van der Waals surface area contributed by atoms with E-state index in [0.717, 1.165) is 6.07 Å². The van der Waals surface area contributed by atoms with Gasteiger partial charge in [0.05, 0.1) is 5.56 Å². The lowest BCUT2D eigenvalue weighted by Gasteiger charge is -2.16. The second-order valence-electron chi connectivity index (χ2n) is 5.07. The summed E-state index contributed by atoms with van der Waals surface area (Å²) in [5.41, 5.74) is -0.101.